The van der Waals surface area contributed by atoms with Gasteiger partial charge in [-0.25, -0.2) is 9.59 Å². The van der Waals surface area contributed by atoms with Crippen LogP contribution in [0.15, 0.2) is 6.07 Å². The minimum atomic E-state index is -0.530. The number of aromatic nitrogens is 1. The van der Waals surface area contributed by atoms with E-state index in [2.05, 4.69) is 0 Å². The smallest absolute Gasteiger partial charge is 0.355 e. The normalized spacial score (nSPS) is 18.4. The first-order valence-electron chi connectivity index (χ1n) is 6.15. The van der Waals surface area contributed by atoms with Crippen molar-refractivity contribution in [2.75, 3.05) is 13.2 Å². The summed E-state index contributed by atoms with van der Waals surface area (Å²) in [6.07, 6.45) is 1.62. The second-order valence-electron chi connectivity index (χ2n) is 4.65. The number of likely N-dealkylation sites (tertiary alicyclic amines) is 1. The molecule has 1 aliphatic rings. The summed E-state index contributed by atoms with van der Waals surface area (Å²) in [5.74, 6) is -0.530. The van der Waals surface area contributed by atoms with Crippen molar-refractivity contribution >= 4 is 35.2 Å². The van der Waals surface area contributed by atoms with E-state index < -0.39 is 12.0 Å². The number of rotatable bonds is 3. The third-order valence-electron chi connectivity index (χ3n) is 3.39. The molecule has 8 heteroatoms. The van der Waals surface area contributed by atoms with Gasteiger partial charge in [0, 0.05) is 13.6 Å². The molecule has 0 radical (unpaired) electrons. The van der Waals surface area contributed by atoms with Crippen molar-refractivity contribution in [3.8, 4) is 0 Å². The van der Waals surface area contributed by atoms with Crippen LogP contribution in [0, 0.1) is 0 Å². The molecule has 2 heterocycles. The maximum atomic E-state index is 12.0. The number of urea groups is 1. The number of halogens is 2. The van der Waals surface area contributed by atoms with Crippen molar-refractivity contribution < 1.29 is 14.3 Å². The van der Waals surface area contributed by atoms with Crippen LogP contribution in [0.2, 0.25) is 10.2 Å². The van der Waals surface area contributed by atoms with Crippen molar-refractivity contribution in [3.05, 3.63) is 21.9 Å². The van der Waals surface area contributed by atoms with Crippen molar-refractivity contribution in [3.63, 3.8) is 0 Å². The summed E-state index contributed by atoms with van der Waals surface area (Å²) >= 11 is 11.7. The number of primary amides is 1. The van der Waals surface area contributed by atoms with E-state index in [0.717, 1.165) is 12.8 Å². The third kappa shape index (κ3) is 2.86. The van der Waals surface area contributed by atoms with E-state index in [1.54, 1.807) is 7.05 Å². The number of ether oxygens (including phenoxy) is 1. The van der Waals surface area contributed by atoms with Gasteiger partial charge in [-0.2, -0.15) is 0 Å². The molecule has 1 aromatic heterocycles. The zero-order valence-corrected chi connectivity index (χ0v) is 12.4. The minimum absolute atomic E-state index is 0.113. The molecule has 2 rings (SSSR count). The van der Waals surface area contributed by atoms with Gasteiger partial charge in [0.2, 0.25) is 0 Å². The molecule has 110 valence electrons. The molecule has 1 saturated heterocycles. The first kappa shape index (κ1) is 15.0. The Kier molecular flexibility index (Phi) is 4.45. The van der Waals surface area contributed by atoms with E-state index in [-0.39, 0.29) is 23.5 Å². The fourth-order valence-electron chi connectivity index (χ4n) is 2.28. The zero-order chi connectivity index (χ0) is 14.9. The topological polar surface area (TPSA) is 77.6 Å². The second kappa shape index (κ2) is 5.93. The lowest BCUT2D eigenvalue weighted by atomic mass is 10.2. The molecule has 6 nitrogen and oxygen atoms in total. The average molecular weight is 320 g/mol. The summed E-state index contributed by atoms with van der Waals surface area (Å²) in [5.41, 5.74) is 5.53. The number of nitrogens with two attached hydrogens (primary N) is 1. The van der Waals surface area contributed by atoms with Gasteiger partial charge in [-0.05, 0) is 18.9 Å². The lowest BCUT2D eigenvalue weighted by molar-refractivity contribution is 0.0411. The van der Waals surface area contributed by atoms with Crippen molar-refractivity contribution in [1.82, 2.24) is 9.47 Å². The Hall–Kier alpha value is -1.40. The lowest BCUT2D eigenvalue weighted by Gasteiger charge is -2.22. The Morgan fingerprint density at radius 3 is 2.75 bits per heavy atom. The van der Waals surface area contributed by atoms with Crippen LogP contribution in [0.4, 0.5) is 4.79 Å². The van der Waals surface area contributed by atoms with Crippen LogP contribution in [0.5, 0.6) is 0 Å². The largest absolute Gasteiger partial charge is 0.459 e. The second-order valence-corrected chi connectivity index (χ2v) is 5.42. The Labute approximate surface area is 126 Å². The molecule has 20 heavy (non-hydrogen) atoms. The van der Waals surface area contributed by atoms with Gasteiger partial charge in [0.15, 0.2) is 0 Å². The van der Waals surface area contributed by atoms with Gasteiger partial charge >= 0.3 is 12.0 Å². The maximum Gasteiger partial charge on any atom is 0.355 e. The van der Waals surface area contributed by atoms with Crippen LogP contribution in [0.1, 0.15) is 23.3 Å². The Morgan fingerprint density at radius 1 is 1.50 bits per heavy atom. The first-order valence-corrected chi connectivity index (χ1v) is 6.91. The molecule has 1 atom stereocenters. The molecule has 0 bridgehead atoms. The number of amides is 2. The summed E-state index contributed by atoms with van der Waals surface area (Å²) in [6, 6.07) is 0.795. The van der Waals surface area contributed by atoms with Crippen LogP contribution >= 0.6 is 23.2 Å². The highest BCUT2D eigenvalue weighted by atomic mass is 35.5. The fraction of sp³-hybridized carbons (Fsp3) is 0.500. The SMILES string of the molecule is Cn1c(C(=O)OC[C@H]2CCCN2C(N)=O)cc(Cl)c1Cl. The molecular weight excluding hydrogens is 305 g/mol. The minimum Gasteiger partial charge on any atom is -0.459 e. The van der Waals surface area contributed by atoms with E-state index in [1.807, 2.05) is 0 Å². The van der Waals surface area contributed by atoms with Crippen molar-refractivity contribution in [2.24, 2.45) is 12.8 Å². The summed E-state index contributed by atoms with van der Waals surface area (Å²) < 4.78 is 6.67. The summed E-state index contributed by atoms with van der Waals surface area (Å²) in [6.45, 7) is 0.710. The highest BCUT2D eigenvalue weighted by molar-refractivity contribution is 6.41. The molecule has 1 aliphatic heterocycles. The van der Waals surface area contributed by atoms with E-state index in [9.17, 15) is 9.59 Å². The van der Waals surface area contributed by atoms with Crippen molar-refractivity contribution in [1.29, 1.82) is 0 Å². The molecule has 0 aliphatic carbocycles. The molecular formula is C12H15Cl2N3O3. The van der Waals surface area contributed by atoms with Gasteiger partial charge in [0.05, 0.1) is 11.1 Å². The van der Waals surface area contributed by atoms with E-state index >= 15 is 0 Å². The van der Waals surface area contributed by atoms with Gasteiger partial charge in [0.1, 0.15) is 17.5 Å². The predicted octanol–water partition coefficient (Wildman–Crippen LogP) is 2.03. The highest BCUT2D eigenvalue weighted by Crippen LogP contribution is 2.26. The zero-order valence-electron chi connectivity index (χ0n) is 10.9. The van der Waals surface area contributed by atoms with Gasteiger partial charge in [-0.15, -0.1) is 0 Å². The number of esters is 1. The van der Waals surface area contributed by atoms with Gasteiger partial charge in [-0.1, -0.05) is 23.2 Å². The molecule has 0 unspecified atom stereocenters. The van der Waals surface area contributed by atoms with E-state index in [1.165, 1.54) is 15.5 Å². The maximum absolute atomic E-state index is 12.0. The molecule has 0 spiro atoms. The Morgan fingerprint density at radius 2 is 2.20 bits per heavy atom. The number of nitrogens with zero attached hydrogens (tertiary/aromatic N) is 2. The van der Waals surface area contributed by atoms with Crippen molar-refractivity contribution in [2.45, 2.75) is 18.9 Å². The van der Waals surface area contributed by atoms with Crippen LogP contribution in [-0.2, 0) is 11.8 Å². The molecule has 0 saturated carbocycles. The van der Waals surface area contributed by atoms with Crippen LogP contribution in [0.3, 0.4) is 0 Å². The van der Waals surface area contributed by atoms with Crippen LogP contribution in [0.25, 0.3) is 0 Å². The summed E-state index contributed by atoms with van der Waals surface area (Å²) in [4.78, 5) is 24.7. The lowest BCUT2D eigenvalue weighted by Crippen LogP contribution is -2.42. The monoisotopic (exact) mass is 319 g/mol. The molecule has 2 amide bonds. The van der Waals surface area contributed by atoms with Gasteiger partial charge in [0.25, 0.3) is 0 Å². The highest BCUT2D eigenvalue weighted by Gasteiger charge is 2.29. The quantitative estimate of drug-likeness (QED) is 0.866. The average Bonchev–Trinajstić information content (AvgIpc) is 2.97. The number of carbonyl (C=O) groups excluding carboxylic acids is 2. The molecule has 1 aromatic rings. The molecule has 1 fully saturated rings. The number of hydrogen-bond donors (Lipinski definition) is 1. The van der Waals surface area contributed by atoms with Gasteiger partial charge in [-0.3, -0.25) is 0 Å². The first-order chi connectivity index (χ1) is 9.41. The fourth-order valence-corrected chi connectivity index (χ4v) is 2.66. The van der Waals surface area contributed by atoms with E-state index in [4.69, 9.17) is 33.7 Å². The number of carbonyl (C=O) groups is 2. The summed E-state index contributed by atoms with van der Waals surface area (Å²) in [5, 5.41) is 0.569. The molecule has 0 aromatic carbocycles. The number of hydrogen-bond acceptors (Lipinski definition) is 3. The van der Waals surface area contributed by atoms with E-state index in [0.29, 0.717) is 11.6 Å². The predicted molar refractivity (Wildman–Crippen MR) is 75.0 cm³/mol. The third-order valence-corrected chi connectivity index (χ3v) is 4.23. The Balaban J connectivity index is 1.98. The Bertz CT molecular complexity index is 544. The van der Waals surface area contributed by atoms with Gasteiger partial charge < -0.3 is 19.9 Å². The van der Waals surface area contributed by atoms with Crippen LogP contribution in [-0.4, -0.2) is 40.7 Å². The molecule has 2 N–H and O–H groups in total. The standard InChI is InChI=1S/C12H15Cl2N3O3/c1-16-9(5-8(13)10(16)14)11(18)20-6-7-3-2-4-17(7)12(15)19/h5,7H,2-4,6H2,1H3,(H2,15,19)/t7-/m1/s1. The summed E-state index contributed by atoms with van der Waals surface area (Å²) in [7, 11) is 1.62. The van der Waals surface area contributed by atoms with Crippen LogP contribution < -0.4 is 5.73 Å².